The molecule has 0 aliphatic heterocycles. The quantitative estimate of drug-likeness (QED) is 0.418. The second-order valence-electron chi connectivity index (χ2n) is 7.97. The van der Waals surface area contributed by atoms with Crippen LogP contribution in [0.2, 0.25) is 0 Å². The van der Waals surface area contributed by atoms with Crippen LogP contribution >= 0.6 is 0 Å². The Kier molecular flexibility index (Phi) is 8.36. The topological polar surface area (TPSA) is 50.5 Å². The number of nitrogens with zero attached hydrogens (tertiary/aromatic N) is 3. The van der Waals surface area contributed by atoms with Gasteiger partial charge in [0, 0.05) is 19.2 Å². The summed E-state index contributed by atoms with van der Waals surface area (Å²) in [5.74, 6) is -1.14. The van der Waals surface area contributed by atoms with Gasteiger partial charge < -0.3 is 9.84 Å². The molecule has 5 nitrogen and oxygen atoms in total. The van der Waals surface area contributed by atoms with Gasteiger partial charge in [-0.1, -0.05) is 38.5 Å². The normalized spacial score (nSPS) is 12.3. The van der Waals surface area contributed by atoms with Crippen LogP contribution in [0.15, 0.2) is 48.5 Å². The lowest BCUT2D eigenvalue weighted by atomic mass is 10.1. The molecule has 0 unspecified atom stereocenters. The molecule has 0 saturated carbocycles. The summed E-state index contributed by atoms with van der Waals surface area (Å²) in [4.78, 5) is 2.16. The molecule has 0 radical (unpaired) electrons. The van der Waals surface area contributed by atoms with Crippen LogP contribution in [0.3, 0.4) is 0 Å². The summed E-state index contributed by atoms with van der Waals surface area (Å²) in [5.41, 5.74) is 2.32. The minimum atomic E-state index is -0.779. The van der Waals surface area contributed by atoms with Crippen molar-refractivity contribution in [1.29, 1.82) is 0 Å². The van der Waals surface area contributed by atoms with E-state index in [-0.39, 0.29) is 5.75 Å². The second-order valence-corrected chi connectivity index (χ2v) is 7.97. The number of hydrogen-bond donors (Lipinski definition) is 1. The van der Waals surface area contributed by atoms with Crippen LogP contribution in [-0.4, -0.2) is 39.0 Å². The number of rotatable bonds is 11. The molecule has 172 valence electrons. The first-order chi connectivity index (χ1) is 15.4. The number of aromatic nitrogens is 2. The molecule has 0 aliphatic rings. The molecule has 7 heteroatoms. The zero-order valence-electron chi connectivity index (χ0n) is 18.9. The van der Waals surface area contributed by atoms with Crippen LogP contribution in [-0.2, 0) is 6.54 Å². The number of aliphatic hydroxyl groups is 1. The Morgan fingerprint density at radius 1 is 1.09 bits per heavy atom. The zero-order chi connectivity index (χ0) is 23.1. The van der Waals surface area contributed by atoms with Gasteiger partial charge in [-0.3, -0.25) is 4.90 Å². The van der Waals surface area contributed by atoms with E-state index in [4.69, 9.17) is 4.74 Å². The molecular formula is C25H31F2N3O2. The molecule has 0 spiro atoms. The second kappa shape index (κ2) is 11.2. The van der Waals surface area contributed by atoms with Crippen LogP contribution in [0.4, 0.5) is 8.78 Å². The zero-order valence-corrected chi connectivity index (χ0v) is 18.9. The van der Waals surface area contributed by atoms with Crippen molar-refractivity contribution < 1.29 is 18.6 Å². The summed E-state index contributed by atoms with van der Waals surface area (Å²) in [6, 6.07) is 12.7. The van der Waals surface area contributed by atoms with Gasteiger partial charge in [0.05, 0.1) is 23.0 Å². The third-order valence-electron chi connectivity index (χ3n) is 5.25. The molecule has 0 saturated heterocycles. The van der Waals surface area contributed by atoms with Gasteiger partial charge >= 0.3 is 0 Å². The van der Waals surface area contributed by atoms with Gasteiger partial charge in [-0.05, 0) is 50.6 Å². The standard InChI is InChI=1S/C25H31F2N3O2/c1-4-9-21(31)16-29(14-5-2)17-22-18(3)28-30(20-10-7-6-8-11-20)25(22)32-24-13-12-19(26)15-23(24)27/h6-8,10-13,15,21,31H,4-5,9,14,16-17H2,1-3H3/t21-/m0/s1. The van der Waals surface area contributed by atoms with Crippen LogP contribution in [0.5, 0.6) is 11.6 Å². The largest absolute Gasteiger partial charge is 0.435 e. The van der Waals surface area contributed by atoms with E-state index in [1.165, 1.54) is 12.1 Å². The lowest BCUT2D eigenvalue weighted by Crippen LogP contribution is -2.33. The van der Waals surface area contributed by atoms with Crippen molar-refractivity contribution in [1.82, 2.24) is 14.7 Å². The smallest absolute Gasteiger partial charge is 0.227 e. The highest BCUT2D eigenvalue weighted by Gasteiger charge is 2.23. The Balaban J connectivity index is 2.01. The average Bonchev–Trinajstić information content (AvgIpc) is 3.06. The first-order valence-electron chi connectivity index (χ1n) is 11.1. The lowest BCUT2D eigenvalue weighted by Gasteiger charge is -2.25. The van der Waals surface area contributed by atoms with Gasteiger partial charge in [-0.25, -0.2) is 13.5 Å². The molecule has 3 rings (SSSR count). The minimum Gasteiger partial charge on any atom is -0.435 e. The van der Waals surface area contributed by atoms with Crippen molar-refractivity contribution in [3.8, 4) is 17.3 Å². The fraction of sp³-hybridized carbons (Fsp3) is 0.400. The first kappa shape index (κ1) is 23.9. The van der Waals surface area contributed by atoms with E-state index in [1.54, 1.807) is 4.68 Å². The number of ether oxygens (including phenoxy) is 1. The molecule has 0 amide bonds. The highest BCUT2D eigenvalue weighted by Crippen LogP contribution is 2.33. The maximum Gasteiger partial charge on any atom is 0.227 e. The predicted molar refractivity (Wildman–Crippen MR) is 121 cm³/mol. The third-order valence-corrected chi connectivity index (χ3v) is 5.25. The number of aryl methyl sites for hydroxylation is 1. The lowest BCUT2D eigenvalue weighted by molar-refractivity contribution is 0.100. The summed E-state index contributed by atoms with van der Waals surface area (Å²) in [6.07, 6.45) is 2.14. The minimum absolute atomic E-state index is 0.0715. The molecular weight excluding hydrogens is 412 g/mol. The molecule has 1 heterocycles. The van der Waals surface area contributed by atoms with Crippen molar-refractivity contribution >= 4 is 0 Å². The highest BCUT2D eigenvalue weighted by molar-refractivity contribution is 5.43. The monoisotopic (exact) mass is 443 g/mol. The van der Waals surface area contributed by atoms with Gasteiger partial charge in [-0.15, -0.1) is 0 Å². The van der Waals surface area contributed by atoms with Gasteiger partial charge in [0.2, 0.25) is 5.88 Å². The highest BCUT2D eigenvalue weighted by atomic mass is 19.1. The average molecular weight is 444 g/mol. The van der Waals surface area contributed by atoms with Gasteiger partial charge in [-0.2, -0.15) is 5.10 Å². The van der Waals surface area contributed by atoms with E-state index >= 15 is 0 Å². The molecule has 0 bridgehead atoms. The number of para-hydroxylation sites is 1. The van der Waals surface area contributed by atoms with Crippen LogP contribution < -0.4 is 4.74 Å². The van der Waals surface area contributed by atoms with Gasteiger partial charge in [0.1, 0.15) is 5.82 Å². The van der Waals surface area contributed by atoms with E-state index in [1.807, 2.05) is 44.2 Å². The Morgan fingerprint density at radius 3 is 2.50 bits per heavy atom. The maximum atomic E-state index is 14.4. The van der Waals surface area contributed by atoms with Crippen LogP contribution in [0.25, 0.3) is 5.69 Å². The van der Waals surface area contributed by atoms with E-state index in [0.717, 1.165) is 48.8 Å². The molecule has 3 aromatic rings. The van der Waals surface area contributed by atoms with Crippen LogP contribution in [0, 0.1) is 18.6 Å². The fourth-order valence-electron chi connectivity index (χ4n) is 3.73. The summed E-state index contributed by atoms with van der Waals surface area (Å²) in [6.45, 7) is 7.83. The summed E-state index contributed by atoms with van der Waals surface area (Å²) < 4.78 is 35.5. The third kappa shape index (κ3) is 5.93. The molecule has 1 atom stereocenters. The number of benzene rings is 2. The van der Waals surface area contributed by atoms with E-state index in [9.17, 15) is 13.9 Å². The van der Waals surface area contributed by atoms with Crippen LogP contribution in [0.1, 0.15) is 44.4 Å². The van der Waals surface area contributed by atoms with Crippen molar-refractivity contribution in [2.45, 2.75) is 52.7 Å². The van der Waals surface area contributed by atoms with Gasteiger partial charge in [0.25, 0.3) is 0 Å². The molecule has 0 fully saturated rings. The van der Waals surface area contributed by atoms with E-state index in [2.05, 4.69) is 16.9 Å². The van der Waals surface area contributed by atoms with Crippen molar-refractivity contribution in [3.63, 3.8) is 0 Å². The summed E-state index contributed by atoms with van der Waals surface area (Å²) in [5, 5.41) is 15.0. The predicted octanol–water partition coefficient (Wildman–Crippen LogP) is 5.62. The number of halogens is 2. The Bertz CT molecular complexity index is 1010. The first-order valence-corrected chi connectivity index (χ1v) is 11.1. The van der Waals surface area contributed by atoms with Crippen molar-refractivity contribution in [2.75, 3.05) is 13.1 Å². The molecule has 1 N–H and O–H groups in total. The number of hydrogen-bond acceptors (Lipinski definition) is 4. The maximum absolute atomic E-state index is 14.4. The summed E-state index contributed by atoms with van der Waals surface area (Å²) in [7, 11) is 0. The fourth-order valence-corrected chi connectivity index (χ4v) is 3.73. The number of aliphatic hydroxyl groups excluding tert-OH is 1. The molecule has 1 aromatic heterocycles. The van der Waals surface area contributed by atoms with Gasteiger partial charge in [0.15, 0.2) is 11.6 Å². The summed E-state index contributed by atoms with van der Waals surface area (Å²) >= 11 is 0. The Labute approximate surface area is 188 Å². The van der Waals surface area contributed by atoms with E-state index in [0.29, 0.717) is 19.0 Å². The Morgan fingerprint density at radius 2 is 1.84 bits per heavy atom. The molecule has 2 aromatic carbocycles. The van der Waals surface area contributed by atoms with Crippen molar-refractivity contribution in [2.24, 2.45) is 0 Å². The van der Waals surface area contributed by atoms with Crippen molar-refractivity contribution in [3.05, 3.63) is 71.4 Å². The molecule has 32 heavy (non-hydrogen) atoms. The SMILES string of the molecule is CCC[C@H](O)CN(CCC)Cc1c(C)nn(-c2ccccc2)c1Oc1ccc(F)cc1F. The van der Waals surface area contributed by atoms with E-state index < -0.39 is 17.7 Å². The molecule has 0 aliphatic carbocycles. The Hall–Kier alpha value is -2.77.